The number of hydrogen-bond donors (Lipinski definition) is 1. The number of carbonyl (C=O) groups excluding carboxylic acids is 1. The standard InChI is InChI=1S/C34H35N3OS/c1-2-25-14-9-15-29-31(23-35-33(25)29)30(28-16-21-39-24-28)22-32(38)36-17-19-37(20-18-36)34(26-10-5-3-6-11-26)27-12-7-4-8-13-27/h3-16,21,23-24,30,34-35H,2,17-20,22H2,1H3. The van der Waals surface area contributed by atoms with Crippen LogP contribution in [0.3, 0.4) is 0 Å². The van der Waals surface area contributed by atoms with Gasteiger partial charge in [0.25, 0.3) is 0 Å². The fraction of sp³-hybridized carbons (Fsp3) is 0.265. The zero-order valence-electron chi connectivity index (χ0n) is 22.4. The molecule has 6 rings (SSSR count). The molecule has 2 aromatic heterocycles. The molecule has 1 unspecified atom stereocenters. The van der Waals surface area contributed by atoms with Crippen LogP contribution in [0.2, 0.25) is 0 Å². The number of piperazine rings is 1. The van der Waals surface area contributed by atoms with Crippen LogP contribution in [-0.2, 0) is 11.2 Å². The lowest BCUT2D eigenvalue weighted by atomic mass is 9.89. The largest absolute Gasteiger partial charge is 0.361 e. The Balaban J connectivity index is 1.20. The van der Waals surface area contributed by atoms with Gasteiger partial charge in [-0.05, 0) is 51.1 Å². The molecular formula is C34H35N3OS. The van der Waals surface area contributed by atoms with E-state index in [2.05, 4.69) is 124 Å². The van der Waals surface area contributed by atoms with Crippen LogP contribution in [0.4, 0.5) is 0 Å². The minimum atomic E-state index is 0.0454. The average Bonchev–Trinajstić information content (AvgIpc) is 3.68. The summed E-state index contributed by atoms with van der Waals surface area (Å²) < 4.78 is 0. The molecule has 0 aliphatic carbocycles. The third kappa shape index (κ3) is 5.29. The molecule has 4 nitrogen and oxygen atoms in total. The minimum Gasteiger partial charge on any atom is -0.361 e. The maximum absolute atomic E-state index is 13.8. The molecule has 1 amide bonds. The molecule has 1 N–H and O–H groups in total. The summed E-state index contributed by atoms with van der Waals surface area (Å²) in [5, 5.41) is 5.55. The van der Waals surface area contributed by atoms with E-state index in [0.29, 0.717) is 6.42 Å². The third-order valence-electron chi connectivity index (χ3n) is 8.18. The summed E-state index contributed by atoms with van der Waals surface area (Å²) >= 11 is 1.70. The van der Waals surface area contributed by atoms with Crippen LogP contribution in [0.1, 0.15) is 53.1 Å². The van der Waals surface area contributed by atoms with E-state index in [9.17, 15) is 4.79 Å². The predicted octanol–water partition coefficient (Wildman–Crippen LogP) is 7.25. The first kappa shape index (κ1) is 25.6. The van der Waals surface area contributed by atoms with Gasteiger partial charge in [0.05, 0.1) is 6.04 Å². The summed E-state index contributed by atoms with van der Waals surface area (Å²) in [6.07, 6.45) is 3.60. The molecule has 5 aromatic rings. The van der Waals surface area contributed by atoms with E-state index < -0.39 is 0 Å². The SMILES string of the molecule is CCc1cccc2c(C(CC(=O)N3CCN(C(c4ccccc4)c4ccccc4)CC3)c3ccsc3)c[nH]c12. The molecule has 0 bridgehead atoms. The van der Waals surface area contributed by atoms with Crippen LogP contribution in [0.5, 0.6) is 0 Å². The zero-order chi connectivity index (χ0) is 26.6. The van der Waals surface area contributed by atoms with E-state index in [4.69, 9.17) is 0 Å². The summed E-state index contributed by atoms with van der Waals surface area (Å²) in [4.78, 5) is 21.9. The monoisotopic (exact) mass is 533 g/mol. The first-order valence-electron chi connectivity index (χ1n) is 14.0. The Bertz CT molecular complexity index is 1460. The summed E-state index contributed by atoms with van der Waals surface area (Å²) in [7, 11) is 0. The van der Waals surface area contributed by atoms with E-state index >= 15 is 0 Å². The van der Waals surface area contributed by atoms with Gasteiger partial charge in [-0.3, -0.25) is 9.69 Å². The van der Waals surface area contributed by atoms with E-state index in [-0.39, 0.29) is 17.9 Å². The summed E-state index contributed by atoms with van der Waals surface area (Å²) in [6.45, 7) is 5.40. The number of nitrogens with one attached hydrogen (secondary N) is 1. The Morgan fingerprint density at radius 1 is 0.846 bits per heavy atom. The van der Waals surface area contributed by atoms with Crippen molar-refractivity contribution in [1.82, 2.24) is 14.8 Å². The van der Waals surface area contributed by atoms with Crippen molar-refractivity contribution in [3.8, 4) is 0 Å². The lowest BCUT2D eigenvalue weighted by Gasteiger charge is -2.40. The topological polar surface area (TPSA) is 39.3 Å². The lowest BCUT2D eigenvalue weighted by Crippen LogP contribution is -2.50. The van der Waals surface area contributed by atoms with Gasteiger partial charge in [-0.15, -0.1) is 0 Å². The number of nitrogens with zero attached hydrogens (tertiary/aromatic N) is 2. The number of aromatic nitrogens is 1. The van der Waals surface area contributed by atoms with Crippen molar-refractivity contribution in [2.24, 2.45) is 0 Å². The average molecular weight is 534 g/mol. The zero-order valence-corrected chi connectivity index (χ0v) is 23.2. The third-order valence-corrected chi connectivity index (χ3v) is 8.88. The van der Waals surface area contributed by atoms with Gasteiger partial charge in [-0.2, -0.15) is 11.3 Å². The Labute approximate surface area is 234 Å². The quantitative estimate of drug-likeness (QED) is 0.228. The highest BCUT2D eigenvalue weighted by atomic mass is 32.1. The first-order chi connectivity index (χ1) is 19.2. The van der Waals surface area contributed by atoms with Crippen molar-refractivity contribution in [2.75, 3.05) is 26.2 Å². The van der Waals surface area contributed by atoms with Crippen LogP contribution in [0, 0.1) is 0 Å². The highest BCUT2D eigenvalue weighted by molar-refractivity contribution is 7.08. The van der Waals surface area contributed by atoms with Crippen molar-refractivity contribution in [2.45, 2.75) is 31.7 Å². The fourth-order valence-corrected chi connectivity index (χ4v) is 6.83. The molecule has 1 atom stereocenters. The number of rotatable bonds is 8. The normalized spacial score (nSPS) is 15.2. The maximum Gasteiger partial charge on any atom is 0.223 e. The van der Waals surface area contributed by atoms with E-state index in [1.54, 1.807) is 11.3 Å². The molecule has 0 radical (unpaired) electrons. The number of aromatic amines is 1. The fourth-order valence-electron chi connectivity index (χ4n) is 6.12. The Morgan fingerprint density at radius 2 is 1.54 bits per heavy atom. The van der Waals surface area contributed by atoms with E-state index in [1.165, 1.54) is 38.7 Å². The van der Waals surface area contributed by atoms with Crippen molar-refractivity contribution >= 4 is 28.1 Å². The Hall–Kier alpha value is -3.67. The number of hydrogen-bond acceptors (Lipinski definition) is 3. The number of para-hydroxylation sites is 1. The highest BCUT2D eigenvalue weighted by Gasteiger charge is 2.30. The molecular weight excluding hydrogens is 498 g/mol. The number of carbonyl (C=O) groups is 1. The number of H-pyrrole nitrogens is 1. The van der Waals surface area contributed by atoms with Crippen LogP contribution >= 0.6 is 11.3 Å². The summed E-state index contributed by atoms with van der Waals surface area (Å²) in [5.74, 6) is 0.284. The van der Waals surface area contributed by atoms with Gasteiger partial charge in [-0.1, -0.05) is 85.8 Å². The second-order valence-electron chi connectivity index (χ2n) is 10.4. The molecule has 1 aliphatic rings. The molecule has 1 saturated heterocycles. The minimum absolute atomic E-state index is 0.0454. The van der Waals surface area contributed by atoms with Crippen LogP contribution in [0.25, 0.3) is 10.9 Å². The van der Waals surface area contributed by atoms with Crippen molar-refractivity contribution in [1.29, 1.82) is 0 Å². The Kier molecular flexibility index (Phi) is 7.62. The number of amides is 1. The predicted molar refractivity (Wildman–Crippen MR) is 161 cm³/mol. The lowest BCUT2D eigenvalue weighted by molar-refractivity contribution is -0.133. The van der Waals surface area contributed by atoms with Gasteiger partial charge in [0.15, 0.2) is 0 Å². The van der Waals surface area contributed by atoms with E-state index in [0.717, 1.165) is 32.6 Å². The maximum atomic E-state index is 13.8. The van der Waals surface area contributed by atoms with Gasteiger partial charge in [0.1, 0.15) is 0 Å². The second kappa shape index (κ2) is 11.6. The van der Waals surface area contributed by atoms with Crippen molar-refractivity contribution in [3.05, 3.63) is 130 Å². The Morgan fingerprint density at radius 3 is 2.15 bits per heavy atom. The smallest absolute Gasteiger partial charge is 0.223 e. The highest BCUT2D eigenvalue weighted by Crippen LogP contribution is 2.36. The van der Waals surface area contributed by atoms with Gasteiger partial charge >= 0.3 is 0 Å². The van der Waals surface area contributed by atoms with Gasteiger partial charge < -0.3 is 9.88 Å². The summed E-state index contributed by atoms with van der Waals surface area (Å²) in [6, 6.07) is 30.3. The van der Waals surface area contributed by atoms with Gasteiger partial charge in [0.2, 0.25) is 5.91 Å². The number of benzene rings is 3. The van der Waals surface area contributed by atoms with E-state index in [1.807, 2.05) is 0 Å². The first-order valence-corrected chi connectivity index (χ1v) is 14.9. The molecule has 5 heteroatoms. The van der Waals surface area contributed by atoms with Crippen molar-refractivity contribution in [3.63, 3.8) is 0 Å². The molecule has 3 heterocycles. The van der Waals surface area contributed by atoms with Gasteiger partial charge in [-0.25, -0.2) is 0 Å². The van der Waals surface area contributed by atoms with Crippen LogP contribution in [0.15, 0.2) is 102 Å². The second-order valence-corrected chi connectivity index (χ2v) is 11.2. The molecule has 198 valence electrons. The molecule has 1 aliphatic heterocycles. The molecule has 3 aromatic carbocycles. The molecule has 0 spiro atoms. The molecule has 0 saturated carbocycles. The van der Waals surface area contributed by atoms with Crippen LogP contribution < -0.4 is 0 Å². The summed E-state index contributed by atoms with van der Waals surface area (Å²) in [5.41, 5.74) is 7.56. The number of fused-ring (bicyclic) bond motifs is 1. The van der Waals surface area contributed by atoms with Crippen LogP contribution in [-0.4, -0.2) is 46.9 Å². The number of thiophene rings is 1. The van der Waals surface area contributed by atoms with Crippen molar-refractivity contribution < 1.29 is 4.79 Å². The molecule has 39 heavy (non-hydrogen) atoms. The number of aryl methyl sites for hydroxylation is 1. The molecule has 1 fully saturated rings. The van der Waals surface area contributed by atoms with Gasteiger partial charge in [0, 0.05) is 55.6 Å².